The molecule has 0 bridgehead atoms. The molecule has 1 fully saturated rings. The fraction of sp³-hybridized carbons (Fsp3) is 0.462. The summed E-state index contributed by atoms with van der Waals surface area (Å²) >= 11 is 0. The summed E-state index contributed by atoms with van der Waals surface area (Å²) in [6, 6.07) is 5.42. The van der Waals surface area contributed by atoms with Crippen molar-refractivity contribution >= 4 is 11.1 Å². The van der Waals surface area contributed by atoms with Gasteiger partial charge in [0.25, 0.3) is 0 Å². The van der Waals surface area contributed by atoms with Gasteiger partial charge in [0.05, 0.1) is 31.4 Å². The molecule has 0 amide bonds. The number of aromatic nitrogens is 1. The number of aliphatic hydroxyl groups excluding tert-OH is 1. The Hall–Kier alpha value is -1.63. The van der Waals surface area contributed by atoms with Crippen LogP contribution in [0.3, 0.4) is 0 Å². The number of oxazole rings is 1. The molecule has 1 unspecified atom stereocenters. The maximum atomic E-state index is 11.1. The van der Waals surface area contributed by atoms with Gasteiger partial charge in [0.15, 0.2) is 5.58 Å². The monoisotopic (exact) mass is 264 g/mol. The lowest BCUT2D eigenvalue weighted by molar-refractivity contribution is 0.00262. The number of rotatable bonds is 3. The molecule has 19 heavy (non-hydrogen) atoms. The van der Waals surface area contributed by atoms with Gasteiger partial charge >= 0.3 is 5.76 Å². The fourth-order valence-corrected chi connectivity index (χ4v) is 2.50. The summed E-state index contributed by atoms with van der Waals surface area (Å²) in [5.74, 6) is -0.459. The zero-order valence-electron chi connectivity index (χ0n) is 10.5. The SMILES string of the molecule is O=c1[nH]c2cc(C(CO)N3CCOCC3)ccc2o1. The number of aromatic amines is 1. The van der Waals surface area contributed by atoms with E-state index in [0.717, 1.165) is 18.7 Å². The van der Waals surface area contributed by atoms with Crippen LogP contribution in [0.2, 0.25) is 0 Å². The number of aliphatic hydroxyl groups is 1. The quantitative estimate of drug-likeness (QED) is 0.843. The van der Waals surface area contributed by atoms with Gasteiger partial charge in [-0.25, -0.2) is 4.79 Å². The second kappa shape index (κ2) is 5.16. The highest BCUT2D eigenvalue weighted by atomic mass is 16.5. The van der Waals surface area contributed by atoms with Crippen molar-refractivity contribution in [3.63, 3.8) is 0 Å². The summed E-state index contributed by atoms with van der Waals surface area (Å²) in [6.07, 6.45) is 0. The molecule has 0 aliphatic carbocycles. The van der Waals surface area contributed by atoms with Crippen molar-refractivity contribution in [2.45, 2.75) is 6.04 Å². The van der Waals surface area contributed by atoms with Gasteiger partial charge in [0.1, 0.15) is 0 Å². The van der Waals surface area contributed by atoms with Crippen LogP contribution in [0.5, 0.6) is 0 Å². The molecule has 102 valence electrons. The Morgan fingerprint density at radius 2 is 2.16 bits per heavy atom. The Morgan fingerprint density at radius 1 is 1.37 bits per heavy atom. The van der Waals surface area contributed by atoms with E-state index in [1.54, 1.807) is 6.07 Å². The van der Waals surface area contributed by atoms with Crippen LogP contribution in [0, 0.1) is 0 Å². The van der Waals surface area contributed by atoms with E-state index in [2.05, 4.69) is 9.88 Å². The van der Waals surface area contributed by atoms with Crippen LogP contribution in [-0.4, -0.2) is 47.9 Å². The van der Waals surface area contributed by atoms with Gasteiger partial charge in [-0.2, -0.15) is 0 Å². The lowest BCUT2D eigenvalue weighted by Gasteiger charge is -2.33. The summed E-state index contributed by atoms with van der Waals surface area (Å²) in [5.41, 5.74) is 2.16. The number of hydrogen-bond acceptors (Lipinski definition) is 5. The lowest BCUT2D eigenvalue weighted by atomic mass is 10.0. The van der Waals surface area contributed by atoms with Crippen molar-refractivity contribution in [1.29, 1.82) is 0 Å². The summed E-state index contributed by atoms with van der Waals surface area (Å²) < 4.78 is 10.3. The zero-order chi connectivity index (χ0) is 13.2. The third-order valence-corrected chi connectivity index (χ3v) is 3.49. The number of nitrogens with one attached hydrogen (secondary N) is 1. The van der Waals surface area contributed by atoms with E-state index in [4.69, 9.17) is 9.15 Å². The Bertz CT molecular complexity index is 612. The molecule has 6 nitrogen and oxygen atoms in total. The van der Waals surface area contributed by atoms with Gasteiger partial charge in [-0.15, -0.1) is 0 Å². The molecule has 1 aromatic heterocycles. The molecule has 6 heteroatoms. The third-order valence-electron chi connectivity index (χ3n) is 3.49. The average molecular weight is 264 g/mol. The topological polar surface area (TPSA) is 78.7 Å². The number of ether oxygens (including phenoxy) is 1. The van der Waals surface area contributed by atoms with Gasteiger partial charge in [-0.1, -0.05) is 6.07 Å². The lowest BCUT2D eigenvalue weighted by Crippen LogP contribution is -2.40. The first-order valence-corrected chi connectivity index (χ1v) is 6.33. The van der Waals surface area contributed by atoms with E-state index in [9.17, 15) is 9.90 Å². The number of hydrogen-bond donors (Lipinski definition) is 2. The maximum Gasteiger partial charge on any atom is 0.417 e. The smallest absolute Gasteiger partial charge is 0.408 e. The first kappa shape index (κ1) is 12.4. The molecule has 1 aliphatic rings. The normalized spacial score (nSPS) is 18.8. The van der Waals surface area contributed by atoms with Gasteiger partial charge in [-0.05, 0) is 17.7 Å². The van der Waals surface area contributed by atoms with Crippen LogP contribution in [0.15, 0.2) is 27.4 Å². The summed E-state index contributed by atoms with van der Waals surface area (Å²) in [5, 5.41) is 9.63. The van der Waals surface area contributed by atoms with Crippen LogP contribution in [-0.2, 0) is 4.74 Å². The Kier molecular flexibility index (Phi) is 3.37. The van der Waals surface area contributed by atoms with Gasteiger partial charge in [0.2, 0.25) is 0 Å². The van der Waals surface area contributed by atoms with Crippen LogP contribution in [0.25, 0.3) is 11.1 Å². The van der Waals surface area contributed by atoms with Crippen LogP contribution >= 0.6 is 0 Å². The van der Waals surface area contributed by atoms with E-state index >= 15 is 0 Å². The number of morpholine rings is 1. The Balaban J connectivity index is 1.93. The largest absolute Gasteiger partial charge is 0.417 e. The van der Waals surface area contributed by atoms with Gasteiger partial charge in [-0.3, -0.25) is 9.88 Å². The first-order chi connectivity index (χ1) is 9.28. The minimum Gasteiger partial charge on any atom is -0.408 e. The minimum absolute atomic E-state index is 0.0353. The highest BCUT2D eigenvalue weighted by molar-refractivity contribution is 5.72. The van der Waals surface area contributed by atoms with Crippen LogP contribution < -0.4 is 5.76 Å². The summed E-state index contributed by atoms with van der Waals surface area (Å²) in [6.45, 7) is 2.99. The predicted molar refractivity (Wildman–Crippen MR) is 69.1 cm³/mol. The molecule has 1 aliphatic heterocycles. The zero-order valence-corrected chi connectivity index (χ0v) is 10.5. The van der Waals surface area contributed by atoms with Crippen LogP contribution in [0.1, 0.15) is 11.6 Å². The van der Waals surface area contributed by atoms with Crippen molar-refractivity contribution < 1.29 is 14.3 Å². The molecule has 0 saturated carbocycles. The molecule has 2 aromatic rings. The van der Waals surface area contributed by atoms with Crippen molar-refractivity contribution in [2.24, 2.45) is 0 Å². The third kappa shape index (κ3) is 2.42. The van der Waals surface area contributed by atoms with E-state index in [1.165, 1.54) is 0 Å². The van der Waals surface area contributed by atoms with Crippen molar-refractivity contribution in [2.75, 3.05) is 32.9 Å². The summed E-state index contributed by atoms with van der Waals surface area (Å²) in [7, 11) is 0. The number of fused-ring (bicyclic) bond motifs is 1. The maximum absolute atomic E-state index is 11.1. The molecule has 3 rings (SSSR count). The molecule has 1 aromatic carbocycles. The predicted octanol–water partition coefficient (Wildman–Crippen LogP) is 0.487. The van der Waals surface area contributed by atoms with Gasteiger partial charge in [0, 0.05) is 13.1 Å². The Morgan fingerprint density at radius 3 is 2.89 bits per heavy atom. The molecular weight excluding hydrogens is 248 g/mol. The number of nitrogens with zero attached hydrogens (tertiary/aromatic N) is 1. The molecular formula is C13H16N2O4. The second-order valence-electron chi connectivity index (χ2n) is 4.62. The summed E-state index contributed by atoms with van der Waals surface area (Å²) in [4.78, 5) is 16.0. The number of benzene rings is 1. The average Bonchev–Trinajstić information content (AvgIpc) is 2.80. The van der Waals surface area contributed by atoms with Gasteiger partial charge < -0.3 is 14.3 Å². The van der Waals surface area contributed by atoms with E-state index < -0.39 is 5.76 Å². The van der Waals surface area contributed by atoms with Crippen molar-refractivity contribution in [3.05, 3.63) is 34.3 Å². The Labute approximate surface area is 109 Å². The van der Waals surface area contributed by atoms with E-state index in [0.29, 0.717) is 24.3 Å². The fourth-order valence-electron chi connectivity index (χ4n) is 2.50. The van der Waals surface area contributed by atoms with Crippen molar-refractivity contribution in [3.8, 4) is 0 Å². The molecule has 1 saturated heterocycles. The molecule has 0 radical (unpaired) electrons. The first-order valence-electron chi connectivity index (χ1n) is 6.33. The molecule has 2 N–H and O–H groups in total. The highest BCUT2D eigenvalue weighted by Crippen LogP contribution is 2.24. The molecule has 0 spiro atoms. The van der Waals surface area contributed by atoms with Crippen molar-refractivity contribution in [1.82, 2.24) is 9.88 Å². The molecule has 1 atom stereocenters. The highest BCUT2D eigenvalue weighted by Gasteiger charge is 2.22. The van der Waals surface area contributed by atoms with E-state index in [-0.39, 0.29) is 12.6 Å². The van der Waals surface area contributed by atoms with E-state index in [1.807, 2.05) is 12.1 Å². The second-order valence-corrected chi connectivity index (χ2v) is 4.62. The van der Waals surface area contributed by atoms with Crippen LogP contribution in [0.4, 0.5) is 0 Å². The number of H-pyrrole nitrogens is 1. The standard InChI is InChI=1S/C13H16N2O4/c16-8-11(15-3-5-18-6-4-15)9-1-2-12-10(7-9)14-13(17)19-12/h1-2,7,11,16H,3-6,8H2,(H,14,17). The minimum atomic E-state index is -0.459. The molecule has 2 heterocycles.